The highest BCUT2D eigenvalue weighted by atomic mass is 35.5. The van der Waals surface area contributed by atoms with Gasteiger partial charge in [-0.3, -0.25) is 4.90 Å². The van der Waals surface area contributed by atoms with Crippen molar-refractivity contribution in [2.45, 2.75) is 13.8 Å². The molecule has 1 fully saturated rings. The summed E-state index contributed by atoms with van der Waals surface area (Å²) in [7, 11) is 0. The lowest BCUT2D eigenvalue weighted by Crippen LogP contribution is -2.48. The van der Waals surface area contributed by atoms with Crippen LogP contribution in [0.1, 0.15) is 13.8 Å². The second-order valence-electron chi connectivity index (χ2n) is 4.26. The molecule has 94 valence electrons. The molecule has 5 heteroatoms. The molecule has 0 atom stereocenters. The average Bonchev–Trinajstić information content (AvgIpc) is 2.08. The van der Waals surface area contributed by atoms with Gasteiger partial charge < -0.3 is 10.0 Å². The lowest BCUT2D eigenvalue weighted by molar-refractivity contribution is 0.105. The molecule has 1 aliphatic rings. The van der Waals surface area contributed by atoms with E-state index in [2.05, 4.69) is 23.6 Å². The van der Waals surface area contributed by atoms with E-state index in [-0.39, 0.29) is 24.8 Å². The van der Waals surface area contributed by atoms with E-state index in [0.29, 0.717) is 6.61 Å². The zero-order valence-electron chi connectivity index (χ0n) is 9.69. The van der Waals surface area contributed by atoms with Crippen molar-refractivity contribution in [1.82, 2.24) is 9.80 Å². The molecule has 0 radical (unpaired) electrons. The van der Waals surface area contributed by atoms with Crippen LogP contribution in [0.15, 0.2) is 0 Å². The topological polar surface area (TPSA) is 26.7 Å². The number of hydrogen-bond acceptors (Lipinski definition) is 3. The van der Waals surface area contributed by atoms with Crippen LogP contribution < -0.4 is 0 Å². The minimum absolute atomic E-state index is 0. The largest absolute Gasteiger partial charge is 0.395 e. The van der Waals surface area contributed by atoms with Gasteiger partial charge in [-0.2, -0.15) is 0 Å². The quantitative estimate of drug-likeness (QED) is 0.819. The predicted octanol–water partition coefficient (Wildman–Crippen LogP) is 1.10. The van der Waals surface area contributed by atoms with Crippen LogP contribution in [0.5, 0.6) is 0 Å². The molecular weight excluding hydrogens is 235 g/mol. The summed E-state index contributed by atoms with van der Waals surface area (Å²) in [6.45, 7) is 11.4. The highest BCUT2D eigenvalue weighted by Gasteiger charge is 2.16. The number of piperazine rings is 1. The van der Waals surface area contributed by atoms with E-state index in [4.69, 9.17) is 5.11 Å². The van der Waals surface area contributed by atoms with Crippen LogP contribution in [0, 0.1) is 5.92 Å². The molecule has 0 aromatic rings. The third kappa shape index (κ3) is 7.36. The SMILES string of the molecule is CC(C)CN1CCN(CCO)CC1.Cl.Cl. The van der Waals surface area contributed by atoms with Gasteiger partial charge in [0, 0.05) is 39.3 Å². The molecule has 0 aromatic carbocycles. The zero-order valence-corrected chi connectivity index (χ0v) is 11.3. The van der Waals surface area contributed by atoms with E-state index in [1.54, 1.807) is 0 Å². The number of aliphatic hydroxyl groups excluding tert-OH is 1. The molecular formula is C10H24Cl2N2O. The second-order valence-corrected chi connectivity index (χ2v) is 4.26. The number of aliphatic hydroxyl groups is 1. The summed E-state index contributed by atoms with van der Waals surface area (Å²) in [5, 5.41) is 8.77. The van der Waals surface area contributed by atoms with Crippen molar-refractivity contribution >= 4 is 24.8 Å². The number of halogens is 2. The second kappa shape index (κ2) is 9.67. The molecule has 15 heavy (non-hydrogen) atoms. The Labute approximate surface area is 106 Å². The van der Waals surface area contributed by atoms with Gasteiger partial charge in [0.1, 0.15) is 0 Å². The summed E-state index contributed by atoms with van der Waals surface area (Å²) >= 11 is 0. The standard InChI is InChI=1S/C10H22N2O.2ClH/c1-10(2)9-12-5-3-11(4-6-12)7-8-13;;/h10,13H,3-9H2,1-2H3;2*1H. The molecule has 0 aliphatic carbocycles. The van der Waals surface area contributed by atoms with Gasteiger partial charge in [-0.15, -0.1) is 24.8 Å². The Morgan fingerprint density at radius 3 is 1.87 bits per heavy atom. The predicted molar refractivity (Wildman–Crippen MR) is 69.3 cm³/mol. The molecule has 0 unspecified atom stereocenters. The summed E-state index contributed by atoms with van der Waals surface area (Å²) in [6, 6.07) is 0. The maximum absolute atomic E-state index is 8.77. The summed E-state index contributed by atoms with van der Waals surface area (Å²) in [5.41, 5.74) is 0. The minimum atomic E-state index is 0. The third-order valence-corrected chi connectivity index (χ3v) is 2.50. The van der Waals surface area contributed by atoms with E-state index in [0.717, 1.165) is 38.6 Å². The van der Waals surface area contributed by atoms with Crippen LogP contribution in [0.4, 0.5) is 0 Å². The molecule has 0 amide bonds. The maximum Gasteiger partial charge on any atom is 0.0558 e. The van der Waals surface area contributed by atoms with Crippen LogP contribution in [0.2, 0.25) is 0 Å². The average molecular weight is 259 g/mol. The molecule has 1 heterocycles. The summed E-state index contributed by atoms with van der Waals surface area (Å²) in [5.74, 6) is 0.768. The van der Waals surface area contributed by atoms with Gasteiger partial charge in [-0.25, -0.2) is 0 Å². The van der Waals surface area contributed by atoms with Crippen molar-refractivity contribution in [1.29, 1.82) is 0 Å². The highest BCUT2D eigenvalue weighted by Crippen LogP contribution is 2.04. The van der Waals surface area contributed by atoms with E-state index in [1.165, 1.54) is 6.54 Å². The smallest absolute Gasteiger partial charge is 0.0558 e. The van der Waals surface area contributed by atoms with Crippen molar-refractivity contribution in [2.75, 3.05) is 45.9 Å². The van der Waals surface area contributed by atoms with Crippen molar-refractivity contribution in [2.24, 2.45) is 5.92 Å². The van der Waals surface area contributed by atoms with E-state index < -0.39 is 0 Å². The highest BCUT2D eigenvalue weighted by molar-refractivity contribution is 5.85. The molecule has 1 N–H and O–H groups in total. The van der Waals surface area contributed by atoms with Gasteiger partial charge in [0.15, 0.2) is 0 Å². The van der Waals surface area contributed by atoms with Crippen LogP contribution in [0.3, 0.4) is 0 Å². The lowest BCUT2D eigenvalue weighted by atomic mass is 10.2. The van der Waals surface area contributed by atoms with Crippen LogP contribution in [-0.4, -0.2) is 60.8 Å². The van der Waals surface area contributed by atoms with Crippen molar-refractivity contribution in [3.63, 3.8) is 0 Å². The van der Waals surface area contributed by atoms with E-state index in [1.807, 2.05) is 0 Å². The van der Waals surface area contributed by atoms with Crippen LogP contribution >= 0.6 is 24.8 Å². The zero-order chi connectivity index (χ0) is 9.68. The first-order valence-corrected chi connectivity index (χ1v) is 5.28. The first-order valence-electron chi connectivity index (χ1n) is 5.28. The molecule has 0 saturated carbocycles. The number of hydrogen-bond donors (Lipinski definition) is 1. The van der Waals surface area contributed by atoms with Gasteiger partial charge in [-0.05, 0) is 5.92 Å². The molecule has 3 nitrogen and oxygen atoms in total. The number of β-amino-alcohol motifs (C(OH)–C–C–N with tert-alkyl or cyclic N) is 1. The van der Waals surface area contributed by atoms with Crippen molar-refractivity contribution in [3.8, 4) is 0 Å². The lowest BCUT2D eigenvalue weighted by Gasteiger charge is -2.35. The number of rotatable bonds is 4. The monoisotopic (exact) mass is 258 g/mol. The Kier molecular flexibility index (Phi) is 11.5. The normalized spacial score (nSPS) is 18.4. The Morgan fingerprint density at radius 2 is 1.47 bits per heavy atom. The molecule has 1 saturated heterocycles. The Bertz CT molecular complexity index is 139. The maximum atomic E-state index is 8.77. The first kappa shape index (κ1) is 17.8. The van der Waals surface area contributed by atoms with E-state index >= 15 is 0 Å². The van der Waals surface area contributed by atoms with Gasteiger partial charge in [0.25, 0.3) is 0 Å². The first-order chi connectivity index (χ1) is 6.22. The number of nitrogens with zero attached hydrogens (tertiary/aromatic N) is 2. The minimum Gasteiger partial charge on any atom is -0.395 e. The van der Waals surface area contributed by atoms with E-state index in [9.17, 15) is 0 Å². The van der Waals surface area contributed by atoms with Gasteiger partial charge in [-0.1, -0.05) is 13.8 Å². The van der Waals surface area contributed by atoms with Crippen LogP contribution in [0.25, 0.3) is 0 Å². The Balaban J connectivity index is 0. The van der Waals surface area contributed by atoms with Gasteiger partial charge >= 0.3 is 0 Å². The fraction of sp³-hybridized carbons (Fsp3) is 1.00. The molecule has 1 rings (SSSR count). The molecule has 0 spiro atoms. The van der Waals surface area contributed by atoms with Crippen molar-refractivity contribution in [3.05, 3.63) is 0 Å². The summed E-state index contributed by atoms with van der Waals surface area (Å²) in [4.78, 5) is 4.84. The van der Waals surface area contributed by atoms with Gasteiger partial charge in [0.05, 0.1) is 6.61 Å². The molecule has 0 aromatic heterocycles. The van der Waals surface area contributed by atoms with Gasteiger partial charge in [0.2, 0.25) is 0 Å². The molecule has 0 bridgehead atoms. The molecule has 1 aliphatic heterocycles. The fourth-order valence-corrected chi connectivity index (χ4v) is 1.85. The Morgan fingerprint density at radius 1 is 1.00 bits per heavy atom. The summed E-state index contributed by atoms with van der Waals surface area (Å²) in [6.07, 6.45) is 0. The fourth-order valence-electron chi connectivity index (χ4n) is 1.85. The van der Waals surface area contributed by atoms with Crippen LogP contribution in [-0.2, 0) is 0 Å². The Hall–Kier alpha value is 0.460. The van der Waals surface area contributed by atoms with Crippen molar-refractivity contribution < 1.29 is 5.11 Å². The summed E-state index contributed by atoms with van der Waals surface area (Å²) < 4.78 is 0. The third-order valence-electron chi connectivity index (χ3n) is 2.50.